The molecule has 2 aliphatic rings. The Bertz CT molecular complexity index is 1550. The Morgan fingerprint density at radius 3 is 2.22 bits per heavy atom. The van der Waals surface area contributed by atoms with Crippen molar-refractivity contribution in [3.05, 3.63) is 83.3 Å². The van der Waals surface area contributed by atoms with Crippen LogP contribution in [0.5, 0.6) is 28.7 Å². The van der Waals surface area contributed by atoms with Gasteiger partial charge in [0.2, 0.25) is 5.75 Å². The van der Waals surface area contributed by atoms with Gasteiger partial charge < -0.3 is 28.4 Å². The zero-order valence-corrected chi connectivity index (χ0v) is 29.4. The van der Waals surface area contributed by atoms with Crippen LogP contribution in [0.4, 0.5) is 4.39 Å². The van der Waals surface area contributed by atoms with Gasteiger partial charge in [0, 0.05) is 34.2 Å². The maximum absolute atomic E-state index is 13.3. The van der Waals surface area contributed by atoms with Gasteiger partial charge in [-0.05, 0) is 79.3 Å². The minimum absolute atomic E-state index is 0.0611. The van der Waals surface area contributed by atoms with Crippen molar-refractivity contribution in [1.29, 1.82) is 0 Å². The van der Waals surface area contributed by atoms with E-state index in [9.17, 15) is 14.4 Å². The predicted octanol–water partition coefficient (Wildman–Crippen LogP) is 8.13. The van der Waals surface area contributed by atoms with E-state index in [1.165, 1.54) is 18.3 Å². The summed E-state index contributed by atoms with van der Waals surface area (Å²) in [7, 11) is 6.37. The van der Waals surface area contributed by atoms with Gasteiger partial charge in [-0.2, -0.15) is 5.06 Å². The Hall–Kier alpha value is -3.93. The molecule has 1 saturated carbocycles. The number of amides is 1. The molecule has 0 spiro atoms. The summed E-state index contributed by atoms with van der Waals surface area (Å²) >= 11 is 1.57. The minimum atomic E-state index is -0.271. The molecule has 0 aromatic heterocycles. The SMILES string of the molecule is COc1cc(C2COC(c3cc(OC)c(OC)c(OC)c3)C2)cc(C/C=C/N(O)C(=O)C2CCCCC2)c1OCCSc1ccc(F)cc1. The van der Waals surface area contributed by atoms with E-state index < -0.39 is 0 Å². The van der Waals surface area contributed by atoms with Crippen LogP contribution in [0.15, 0.2) is 65.7 Å². The summed E-state index contributed by atoms with van der Waals surface area (Å²) < 4.78 is 48.5. The maximum Gasteiger partial charge on any atom is 0.253 e. The fourth-order valence-corrected chi connectivity index (χ4v) is 7.22. The predicted molar refractivity (Wildman–Crippen MR) is 186 cm³/mol. The van der Waals surface area contributed by atoms with Crippen LogP contribution in [-0.2, 0) is 16.0 Å². The van der Waals surface area contributed by atoms with E-state index in [0.717, 1.165) is 58.8 Å². The number of carbonyl (C=O) groups excluding carboxylic acids is 1. The number of allylic oxidation sites excluding steroid dienone is 1. The van der Waals surface area contributed by atoms with Gasteiger partial charge in [-0.25, -0.2) is 4.39 Å². The van der Waals surface area contributed by atoms with Crippen molar-refractivity contribution in [2.45, 2.75) is 61.9 Å². The molecule has 3 aromatic rings. The highest BCUT2D eigenvalue weighted by molar-refractivity contribution is 7.99. The highest BCUT2D eigenvalue weighted by atomic mass is 32.2. The lowest BCUT2D eigenvalue weighted by Gasteiger charge is -2.23. The molecule has 11 heteroatoms. The van der Waals surface area contributed by atoms with E-state index in [1.54, 1.807) is 58.4 Å². The Labute approximate surface area is 292 Å². The average molecular weight is 696 g/mol. The molecule has 5 rings (SSSR count). The van der Waals surface area contributed by atoms with Crippen LogP contribution >= 0.6 is 11.8 Å². The van der Waals surface area contributed by atoms with Gasteiger partial charge in [0.05, 0.1) is 47.8 Å². The highest BCUT2D eigenvalue weighted by Crippen LogP contribution is 2.46. The van der Waals surface area contributed by atoms with Gasteiger partial charge in [0.15, 0.2) is 23.0 Å². The lowest BCUT2D eigenvalue weighted by atomic mass is 9.88. The maximum atomic E-state index is 13.3. The number of hydrogen-bond donors (Lipinski definition) is 1. The first-order chi connectivity index (χ1) is 23.8. The van der Waals surface area contributed by atoms with Crippen LogP contribution in [0.1, 0.15) is 67.2 Å². The van der Waals surface area contributed by atoms with Gasteiger partial charge in [0.1, 0.15) is 5.82 Å². The molecule has 2 unspecified atom stereocenters. The first kappa shape index (κ1) is 36.4. The first-order valence-electron chi connectivity index (χ1n) is 16.7. The Kier molecular flexibility index (Phi) is 13.1. The topological polar surface area (TPSA) is 95.9 Å². The number of halogens is 1. The number of hydroxylamine groups is 2. The smallest absolute Gasteiger partial charge is 0.253 e. The van der Waals surface area contributed by atoms with Crippen LogP contribution in [0.3, 0.4) is 0 Å². The fourth-order valence-electron chi connectivity index (χ4n) is 6.49. The van der Waals surface area contributed by atoms with E-state index in [4.69, 9.17) is 28.4 Å². The second kappa shape index (κ2) is 17.6. The fraction of sp³-hybridized carbons (Fsp3) is 0.447. The van der Waals surface area contributed by atoms with Crippen LogP contribution in [-0.4, -0.2) is 63.6 Å². The summed E-state index contributed by atoms with van der Waals surface area (Å²) in [6.45, 7) is 0.880. The normalized spacial score (nSPS) is 18.0. The van der Waals surface area contributed by atoms with Crippen molar-refractivity contribution < 1.29 is 42.8 Å². The molecule has 1 heterocycles. The third-order valence-corrected chi connectivity index (χ3v) is 10.1. The van der Waals surface area contributed by atoms with Crippen molar-refractivity contribution in [2.75, 3.05) is 47.4 Å². The second-order valence-electron chi connectivity index (χ2n) is 12.2. The number of nitrogens with zero attached hydrogens (tertiary/aromatic N) is 1. The number of methoxy groups -OCH3 is 4. The lowest BCUT2D eigenvalue weighted by molar-refractivity contribution is -0.160. The van der Waals surface area contributed by atoms with Crippen molar-refractivity contribution in [2.24, 2.45) is 5.92 Å². The monoisotopic (exact) mass is 695 g/mol. The average Bonchev–Trinajstić information content (AvgIpc) is 3.64. The number of benzene rings is 3. The molecule has 1 N–H and O–H groups in total. The Morgan fingerprint density at radius 1 is 0.918 bits per heavy atom. The quantitative estimate of drug-likeness (QED) is 0.0732. The van der Waals surface area contributed by atoms with Gasteiger partial charge >= 0.3 is 0 Å². The van der Waals surface area contributed by atoms with E-state index >= 15 is 0 Å². The van der Waals surface area contributed by atoms with Crippen LogP contribution in [0, 0.1) is 11.7 Å². The molecule has 1 aliphatic heterocycles. The van der Waals surface area contributed by atoms with E-state index in [-0.39, 0.29) is 29.7 Å². The molecule has 49 heavy (non-hydrogen) atoms. The number of carbonyl (C=O) groups is 1. The number of thioether (sulfide) groups is 1. The van der Waals surface area contributed by atoms with Gasteiger partial charge in [-0.1, -0.05) is 31.4 Å². The molecule has 264 valence electrons. The van der Waals surface area contributed by atoms with Crippen molar-refractivity contribution in [1.82, 2.24) is 5.06 Å². The number of hydrogen-bond acceptors (Lipinski definition) is 9. The molecule has 1 saturated heterocycles. The molecular formula is C38H46FNO8S. The van der Waals surface area contributed by atoms with E-state index in [1.807, 2.05) is 18.2 Å². The van der Waals surface area contributed by atoms with E-state index in [0.29, 0.717) is 60.6 Å². The summed E-state index contributed by atoms with van der Waals surface area (Å²) in [5.74, 6) is 2.86. The number of rotatable bonds is 15. The van der Waals surface area contributed by atoms with Gasteiger partial charge in [-0.15, -0.1) is 11.8 Å². The largest absolute Gasteiger partial charge is 0.493 e. The summed E-state index contributed by atoms with van der Waals surface area (Å²) in [6.07, 6.45) is 8.86. The third kappa shape index (κ3) is 9.20. The molecule has 2 fully saturated rings. The van der Waals surface area contributed by atoms with Crippen LogP contribution in [0.2, 0.25) is 0 Å². The van der Waals surface area contributed by atoms with Gasteiger partial charge in [0.25, 0.3) is 5.91 Å². The number of ether oxygens (including phenoxy) is 6. The third-order valence-electron chi connectivity index (χ3n) is 9.08. The second-order valence-corrected chi connectivity index (χ2v) is 13.4. The molecular weight excluding hydrogens is 649 g/mol. The molecule has 9 nitrogen and oxygen atoms in total. The van der Waals surface area contributed by atoms with Crippen LogP contribution < -0.4 is 23.7 Å². The standard InChI is InChI=1S/C38H46FNO8S/c1-43-33-20-27(29-23-32(48-24-29)28-21-34(44-2)37(46-4)35(22-28)45-3)19-26(11-8-16-40(42)38(41)25-9-6-5-7-10-25)36(33)47-17-18-49-31-14-12-30(39)13-15-31/h8,12-16,19-22,25,29,32,42H,5-7,9-11,17-18,23-24H2,1-4H3/b16-8+. The summed E-state index contributed by atoms with van der Waals surface area (Å²) in [5, 5.41) is 11.3. The summed E-state index contributed by atoms with van der Waals surface area (Å²) in [6, 6.07) is 14.3. The molecule has 3 aromatic carbocycles. The molecule has 1 aliphatic carbocycles. The molecule has 2 atom stereocenters. The zero-order chi connectivity index (χ0) is 34.8. The molecule has 1 amide bonds. The minimum Gasteiger partial charge on any atom is -0.493 e. The first-order valence-corrected chi connectivity index (χ1v) is 17.7. The Balaban J connectivity index is 1.35. The molecule has 0 bridgehead atoms. The van der Waals surface area contributed by atoms with Crippen molar-refractivity contribution >= 4 is 17.7 Å². The summed E-state index contributed by atoms with van der Waals surface area (Å²) in [5.41, 5.74) is 2.81. The highest BCUT2D eigenvalue weighted by Gasteiger charge is 2.31. The van der Waals surface area contributed by atoms with Crippen molar-refractivity contribution in [3.63, 3.8) is 0 Å². The van der Waals surface area contributed by atoms with Crippen molar-refractivity contribution in [3.8, 4) is 28.7 Å². The van der Waals surface area contributed by atoms with Gasteiger partial charge in [-0.3, -0.25) is 10.0 Å². The lowest BCUT2D eigenvalue weighted by Crippen LogP contribution is -2.30. The Morgan fingerprint density at radius 2 is 1.57 bits per heavy atom. The van der Waals surface area contributed by atoms with Crippen LogP contribution in [0.25, 0.3) is 0 Å². The zero-order valence-electron chi connectivity index (χ0n) is 28.6. The summed E-state index contributed by atoms with van der Waals surface area (Å²) in [4.78, 5) is 13.8. The molecule has 0 radical (unpaired) electrons. The van der Waals surface area contributed by atoms with E-state index in [2.05, 4.69) is 6.07 Å².